The normalized spacial score (nSPS) is 25.8. The molecule has 1 saturated carbocycles. The van der Waals surface area contributed by atoms with E-state index in [2.05, 4.69) is 10.6 Å². The number of nitrogens with one attached hydrogen (secondary N) is 2. The molecule has 2 amide bonds. The molecule has 2 aliphatic rings. The summed E-state index contributed by atoms with van der Waals surface area (Å²) in [6.07, 6.45) is 3.06. The fraction of sp³-hybridized carbons (Fsp3) is 0.846. The third kappa shape index (κ3) is 3.79. The molecule has 0 aromatic rings. The van der Waals surface area contributed by atoms with E-state index in [-0.39, 0.29) is 11.4 Å². The average molecular weight is 301 g/mol. The fourth-order valence-corrected chi connectivity index (χ4v) is 4.03. The summed E-state index contributed by atoms with van der Waals surface area (Å²) in [7, 11) is 0. The van der Waals surface area contributed by atoms with Gasteiger partial charge in [0.15, 0.2) is 0 Å². The van der Waals surface area contributed by atoms with Crippen molar-refractivity contribution >= 4 is 23.8 Å². The van der Waals surface area contributed by atoms with Crippen LogP contribution in [0.2, 0.25) is 0 Å². The predicted molar refractivity (Wildman–Crippen MR) is 78.8 cm³/mol. The van der Waals surface area contributed by atoms with Crippen LogP contribution in [-0.2, 0) is 4.79 Å². The standard InChI is InChI=1S/C13H23N3O3S/c1-2-14-6-3-7-15-13(19)16-10(12(17)18)8-20-11(16)9-4-5-9/h9-11,14H,2-8H2,1H3,(H,15,19)(H,17,18). The first-order valence-corrected chi connectivity index (χ1v) is 8.31. The van der Waals surface area contributed by atoms with E-state index in [0.717, 1.165) is 32.4 Å². The fourth-order valence-electron chi connectivity index (χ4n) is 2.40. The van der Waals surface area contributed by atoms with Gasteiger partial charge in [0.1, 0.15) is 6.04 Å². The van der Waals surface area contributed by atoms with Crippen molar-refractivity contribution in [2.24, 2.45) is 5.92 Å². The van der Waals surface area contributed by atoms with Gasteiger partial charge in [-0.3, -0.25) is 4.90 Å². The minimum Gasteiger partial charge on any atom is -0.480 e. The zero-order valence-electron chi connectivity index (χ0n) is 11.8. The topological polar surface area (TPSA) is 81.7 Å². The number of amides is 2. The number of carboxylic acids is 1. The van der Waals surface area contributed by atoms with E-state index in [4.69, 9.17) is 0 Å². The Morgan fingerprint density at radius 3 is 2.70 bits per heavy atom. The molecule has 1 heterocycles. The molecule has 1 aliphatic carbocycles. The summed E-state index contributed by atoms with van der Waals surface area (Å²) in [6, 6.07) is -0.907. The summed E-state index contributed by atoms with van der Waals surface area (Å²) < 4.78 is 0. The molecule has 0 spiro atoms. The largest absolute Gasteiger partial charge is 0.480 e. The van der Waals surface area contributed by atoms with Crippen molar-refractivity contribution in [1.29, 1.82) is 0 Å². The van der Waals surface area contributed by atoms with Crippen LogP contribution < -0.4 is 10.6 Å². The number of thioether (sulfide) groups is 1. The monoisotopic (exact) mass is 301 g/mol. The first kappa shape index (κ1) is 15.4. The Balaban J connectivity index is 1.85. The molecule has 2 unspecified atom stereocenters. The second-order valence-electron chi connectivity index (χ2n) is 5.26. The number of carboxylic acid groups (broad SMARTS) is 1. The Hall–Kier alpha value is -0.950. The number of hydrogen-bond donors (Lipinski definition) is 3. The second kappa shape index (κ2) is 7.17. The SMILES string of the molecule is CCNCCCNC(=O)N1C(C(=O)O)CSC1C1CC1. The second-order valence-corrected chi connectivity index (χ2v) is 6.41. The van der Waals surface area contributed by atoms with Crippen LogP contribution >= 0.6 is 11.8 Å². The van der Waals surface area contributed by atoms with Gasteiger partial charge in [0.05, 0.1) is 5.37 Å². The van der Waals surface area contributed by atoms with Crippen LogP contribution in [0.25, 0.3) is 0 Å². The number of hydrogen-bond acceptors (Lipinski definition) is 4. The molecule has 114 valence electrons. The summed E-state index contributed by atoms with van der Waals surface area (Å²) in [6.45, 7) is 4.40. The van der Waals surface area contributed by atoms with Crippen molar-refractivity contribution in [1.82, 2.24) is 15.5 Å². The third-order valence-electron chi connectivity index (χ3n) is 3.64. The Kier molecular flexibility index (Phi) is 5.54. The highest BCUT2D eigenvalue weighted by molar-refractivity contribution is 8.00. The molecule has 0 aromatic carbocycles. The number of rotatable bonds is 7. The van der Waals surface area contributed by atoms with Gasteiger partial charge in [-0.2, -0.15) is 0 Å². The highest BCUT2D eigenvalue weighted by Crippen LogP contribution is 2.45. The van der Waals surface area contributed by atoms with Crippen molar-refractivity contribution in [2.75, 3.05) is 25.4 Å². The summed E-state index contributed by atoms with van der Waals surface area (Å²) in [5.74, 6) is 0.0849. The molecule has 2 fully saturated rings. The number of carbonyl (C=O) groups excluding carboxylic acids is 1. The van der Waals surface area contributed by atoms with E-state index in [9.17, 15) is 14.7 Å². The third-order valence-corrected chi connectivity index (χ3v) is 5.10. The Morgan fingerprint density at radius 2 is 2.10 bits per heavy atom. The smallest absolute Gasteiger partial charge is 0.327 e. The molecule has 1 saturated heterocycles. The maximum atomic E-state index is 12.3. The first-order chi connectivity index (χ1) is 9.65. The first-order valence-electron chi connectivity index (χ1n) is 7.26. The highest BCUT2D eigenvalue weighted by atomic mass is 32.2. The van der Waals surface area contributed by atoms with Crippen molar-refractivity contribution in [3.05, 3.63) is 0 Å². The number of carbonyl (C=O) groups is 2. The minimum absolute atomic E-state index is 0.0462. The van der Waals surface area contributed by atoms with Crippen LogP contribution in [0.4, 0.5) is 4.79 Å². The lowest BCUT2D eigenvalue weighted by Crippen LogP contribution is -2.51. The average Bonchev–Trinajstić information content (AvgIpc) is 3.16. The highest BCUT2D eigenvalue weighted by Gasteiger charge is 2.47. The van der Waals surface area contributed by atoms with E-state index in [1.165, 1.54) is 0 Å². The molecule has 7 heteroatoms. The quantitative estimate of drug-likeness (QED) is 0.610. The van der Waals surface area contributed by atoms with Crippen molar-refractivity contribution in [3.8, 4) is 0 Å². The molecular formula is C13H23N3O3S. The summed E-state index contributed by atoms with van der Waals surface area (Å²) in [5.41, 5.74) is 0. The molecule has 0 bridgehead atoms. The van der Waals surface area contributed by atoms with Crippen LogP contribution in [0.5, 0.6) is 0 Å². The van der Waals surface area contributed by atoms with Gasteiger partial charge in [0, 0.05) is 12.3 Å². The zero-order valence-corrected chi connectivity index (χ0v) is 12.6. The molecule has 0 aromatic heterocycles. The van der Waals surface area contributed by atoms with Crippen molar-refractivity contribution in [3.63, 3.8) is 0 Å². The molecule has 2 atom stereocenters. The summed E-state index contributed by atoms with van der Waals surface area (Å²) >= 11 is 1.61. The van der Waals surface area contributed by atoms with Crippen molar-refractivity contribution < 1.29 is 14.7 Å². The van der Waals surface area contributed by atoms with E-state index < -0.39 is 12.0 Å². The molecule has 6 nitrogen and oxygen atoms in total. The van der Waals surface area contributed by atoms with Gasteiger partial charge in [-0.05, 0) is 38.3 Å². The molecular weight excluding hydrogens is 278 g/mol. The maximum absolute atomic E-state index is 12.3. The molecule has 20 heavy (non-hydrogen) atoms. The van der Waals surface area contributed by atoms with Gasteiger partial charge in [0.25, 0.3) is 0 Å². The maximum Gasteiger partial charge on any atom is 0.327 e. The van der Waals surface area contributed by atoms with Gasteiger partial charge >= 0.3 is 12.0 Å². The minimum atomic E-state index is -0.900. The Morgan fingerprint density at radius 1 is 1.35 bits per heavy atom. The lowest BCUT2D eigenvalue weighted by Gasteiger charge is -2.27. The molecule has 1 aliphatic heterocycles. The number of aliphatic carboxylic acids is 1. The van der Waals surface area contributed by atoms with E-state index >= 15 is 0 Å². The predicted octanol–water partition coefficient (Wildman–Crippen LogP) is 0.934. The lowest BCUT2D eigenvalue weighted by molar-refractivity contribution is -0.141. The van der Waals surface area contributed by atoms with Gasteiger partial charge < -0.3 is 15.7 Å². The van der Waals surface area contributed by atoms with Crippen LogP contribution in [0.3, 0.4) is 0 Å². The van der Waals surface area contributed by atoms with Crippen LogP contribution in [0.1, 0.15) is 26.2 Å². The Bertz CT molecular complexity index is 363. The van der Waals surface area contributed by atoms with Gasteiger partial charge in [-0.25, -0.2) is 9.59 Å². The van der Waals surface area contributed by atoms with E-state index in [1.54, 1.807) is 16.7 Å². The van der Waals surface area contributed by atoms with Gasteiger partial charge in [-0.1, -0.05) is 6.92 Å². The van der Waals surface area contributed by atoms with Crippen LogP contribution in [-0.4, -0.2) is 58.8 Å². The lowest BCUT2D eigenvalue weighted by atomic mass is 10.2. The number of nitrogens with zero attached hydrogens (tertiary/aromatic N) is 1. The van der Waals surface area contributed by atoms with Crippen molar-refractivity contribution in [2.45, 2.75) is 37.6 Å². The summed E-state index contributed by atoms with van der Waals surface area (Å²) in [4.78, 5) is 25.1. The summed E-state index contributed by atoms with van der Waals surface area (Å²) in [5, 5.41) is 15.3. The van der Waals surface area contributed by atoms with Gasteiger partial charge in [-0.15, -0.1) is 11.8 Å². The Labute approximate surface area is 123 Å². The van der Waals surface area contributed by atoms with Crippen LogP contribution in [0.15, 0.2) is 0 Å². The zero-order chi connectivity index (χ0) is 14.5. The number of urea groups is 1. The van der Waals surface area contributed by atoms with Crippen LogP contribution in [0, 0.1) is 5.92 Å². The van der Waals surface area contributed by atoms with Gasteiger partial charge in [0.2, 0.25) is 0 Å². The van der Waals surface area contributed by atoms with E-state index in [0.29, 0.717) is 18.2 Å². The molecule has 3 N–H and O–H groups in total. The molecule has 2 rings (SSSR count). The van der Waals surface area contributed by atoms with E-state index in [1.807, 2.05) is 6.92 Å². The molecule has 0 radical (unpaired) electrons.